The van der Waals surface area contributed by atoms with Gasteiger partial charge in [-0.15, -0.1) is 0 Å². The highest BCUT2D eigenvalue weighted by Gasteiger charge is 2.19. The molecule has 0 bridgehead atoms. The highest BCUT2D eigenvalue weighted by Crippen LogP contribution is 2.38. The number of hydrogen-bond donors (Lipinski definition) is 0. The van der Waals surface area contributed by atoms with Crippen molar-refractivity contribution in [2.75, 3.05) is 0 Å². The highest BCUT2D eigenvalue weighted by molar-refractivity contribution is 6.30. The molecule has 0 heterocycles. The zero-order valence-electron chi connectivity index (χ0n) is 10.4. The van der Waals surface area contributed by atoms with Crippen molar-refractivity contribution >= 4 is 28.8 Å². The quantitative estimate of drug-likeness (QED) is 0.640. The Morgan fingerprint density at radius 2 is 1.37 bits per heavy atom. The molecule has 96 valence electrons. The van der Waals surface area contributed by atoms with E-state index in [0.29, 0.717) is 5.92 Å². The summed E-state index contributed by atoms with van der Waals surface area (Å²) in [5.41, 5.74) is 4.06. The SMILES string of the molecule is Clc1ccc(C2=CCC(c3ccc(Cl)cc3)C2)cc1. The van der Waals surface area contributed by atoms with Crippen molar-refractivity contribution in [2.24, 2.45) is 0 Å². The molecule has 1 aliphatic rings. The fourth-order valence-electron chi connectivity index (χ4n) is 2.61. The molecule has 0 nitrogen and oxygen atoms in total. The van der Waals surface area contributed by atoms with Crippen LogP contribution in [0.15, 0.2) is 54.6 Å². The Morgan fingerprint density at radius 3 is 2.00 bits per heavy atom. The fraction of sp³-hybridized carbons (Fsp3) is 0.176. The largest absolute Gasteiger partial charge is 0.0843 e. The van der Waals surface area contributed by atoms with Gasteiger partial charge in [-0.3, -0.25) is 0 Å². The van der Waals surface area contributed by atoms with Gasteiger partial charge in [0, 0.05) is 10.0 Å². The molecule has 0 aliphatic heterocycles. The van der Waals surface area contributed by atoms with E-state index in [1.165, 1.54) is 16.7 Å². The molecular formula is C17H14Cl2. The third-order valence-corrected chi connectivity index (χ3v) is 4.18. The first-order chi connectivity index (χ1) is 9.22. The van der Waals surface area contributed by atoms with Crippen LogP contribution in [0.25, 0.3) is 5.57 Å². The maximum Gasteiger partial charge on any atom is 0.0406 e. The van der Waals surface area contributed by atoms with Gasteiger partial charge in [0.2, 0.25) is 0 Å². The average Bonchev–Trinajstić information content (AvgIpc) is 2.90. The summed E-state index contributed by atoms with van der Waals surface area (Å²) in [4.78, 5) is 0. The predicted molar refractivity (Wildman–Crippen MR) is 82.9 cm³/mol. The molecule has 1 atom stereocenters. The maximum atomic E-state index is 5.93. The third-order valence-electron chi connectivity index (χ3n) is 3.67. The molecule has 2 aromatic carbocycles. The second kappa shape index (κ2) is 5.40. The summed E-state index contributed by atoms with van der Waals surface area (Å²) in [5.74, 6) is 0.572. The monoisotopic (exact) mass is 288 g/mol. The minimum Gasteiger partial charge on any atom is -0.0843 e. The highest BCUT2D eigenvalue weighted by atomic mass is 35.5. The van der Waals surface area contributed by atoms with Gasteiger partial charge in [-0.05, 0) is 59.7 Å². The Bertz CT molecular complexity index is 594. The van der Waals surface area contributed by atoms with Gasteiger partial charge in [-0.2, -0.15) is 0 Å². The Morgan fingerprint density at radius 1 is 0.789 bits per heavy atom. The van der Waals surface area contributed by atoms with Crippen LogP contribution in [-0.4, -0.2) is 0 Å². The van der Waals surface area contributed by atoms with E-state index >= 15 is 0 Å². The van der Waals surface area contributed by atoms with Crippen LogP contribution >= 0.6 is 23.2 Å². The van der Waals surface area contributed by atoms with E-state index in [1.54, 1.807) is 0 Å². The average molecular weight is 289 g/mol. The van der Waals surface area contributed by atoms with Crippen LogP contribution in [0.3, 0.4) is 0 Å². The van der Waals surface area contributed by atoms with Crippen LogP contribution in [0.5, 0.6) is 0 Å². The van der Waals surface area contributed by atoms with Crippen molar-refractivity contribution in [2.45, 2.75) is 18.8 Å². The summed E-state index contributed by atoms with van der Waals surface area (Å²) in [6, 6.07) is 16.3. The van der Waals surface area contributed by atoms with E-state index in [2.05, 4.69) is 30.3 Å². The Labute approximate surface area is 123 Å². The lowest BCUT2D eigenvalue weighted by atomic mass is 9.94. The van der Waals surface area contributed by atoms with E-state index in [-0.39, 0.29) is 0 Å². The maximum absolute atomic E-state index is 5.93. The van der Waals surface area contributed by atoms with Gasteiger partial charge in [0.15, 0.2) is 0 Å². The smallest absolute Gasteiger partial charge is 0.0406 e. The molecular weight excluding hydrogens is 275 g/mol. The predicted octanol–water partition coefficient (Wildman–Crippen LogP) is 5.95. The van der Waals surface area contributed by atoms with Crippen LogP contribution in [0.2, 0.25) is 10.0 Å². The molecule has 2 heteroatoms. The molecule has 1 aliphatic carbocycles. The van der Waals surface area contributed by atoms with E-state index in [0.717, 1.165) is 22.9 Å². The number of benzene rings is 2. The van der Waals surface area contributed by atoms with Gasteiger partial charge in [0.25, 0.3) is 0 Å². The molecule has 3 rings (SSSR count). The normalized spacial score (nSPS) is 18.4. The molecule has 0 radical (unpaired) electrons. The van der Waals surface area contributed by atoms with Gasteiger partial charge < -0.3 is 0 Å². The minimum absolute atomic E-state index is 0.572. The Kier molecular flexibility index (Phi) is 3.63. The van der Waals surface area contributed by atoms with E-state index in [4.69, 9.17) is 23.2 Å². The zero-order chi connectivity index (χ0) is 13.2. The van der Waals surface area contributed by atoms with Crippen LogP contribution in [0.4, 0.5) is 0 Å². The van der Waals surface area contributed by atoms with E-state index in [9.17, 15) is 0 Å². The first-order valence-electron chi connectivity index (χ1n) is 6.43. The second-order valence-corrected chi connectivity index (χ2v) is 5.80. The van der Waals surface area contributed by atoms with Gasteiger partial charge in [0.1, 0.15) is 0 Å². The van der Waals surface area contributed by atoms with Gasteiger partial charge in [0.05, 0.1) is 0 Å². The van der Waals surface area contributed by atoms with Gasteiger partial charge >= 0.3 is 0 Å². The van der Waals surface area contributed by atoms with Crippen molar-refractivity contribution < 1.29 is 0 Å². The number of rotatable bonds is 2. The first kappa shape index (κ1) is 12.8. The molecule has 0 saturated carbocycles. The summed E-state index contributed by atoms with van der Waals surface area (Å²) in [7, 11) is 0. The Hall–Kier alpha value is -1.24. The lowest BCUT2D eigenvalue weighted by Gasteiger charge is -2.11. The van der Waals surface area contributed by atoms with Crippen LogP contribution < -0.4 is 0 Å². The molecule has 19 heavy (non-hydrogen) atoms. The lowest BCUT2D eigenvalue weighted by molar-refractivity contribution is 0.759. The van der Waals surface area contributed by atoms with E-state index < -0.39 is 0 Å². The molecule has 0 N–H and O–H groups in total. The topological polar surface area (TPSA) is 0 Å². The summed E-state index contributed by atoms with van der Waals surface area (Å²) >= 11 is 11.9. The van der Waals surface area contributed by atoms with Crippen LogP contribution in [0, 0.1) is 0 Å². The molecule has 0 aromatic heterocycles. The summed E-state index contributed by atoms with van der Waals surface area (Å²) in [6.07, 6.45) is 4.52. The van der Waals surface area contributed by atoms with Crippen molar-refractivity contribution in [3.63, 3.8) is 0 Å². The minimum atomic E-state index is 0.572. The fourth-order valence-corrected chi connectivity index (χ4v) is 2.86. The third kappa shape index (κ3) is 2.86. The molecule has 0 fully saturated rings. The number of hydrogen-bond acceptors (Lipinski definition) is 0. The standard InChI is InChI=1S/C17H14Cl2/c18-16-7-3-12(4-8-16)14-1-2-15(11-14)13-5-9-17(19)10-6-13/h1,3-10,15H,2,11H2. The number of halogens is 2. The Balaban J connectivity index is 1.76. The van der Waals surface area contributed by atoms with Crippen molar-refractivity contribution in [1.29, 1.82) is 0 Å². The summed E-state index contributed by atoms with van der Waals surface area (Å²) in [6.45, 7) is 0. The summed E-state index contributed by atoms with van der Waals surface area (Å²) in [5, 5.41) is 1.59. The molecule has 0 saturated heterocycles. The van der Waals surface area contributed by atoms with Crippen LogP contribution in [0.1, 0.15) is 29.9 Å². The van der Waals surface area contributed by atoms with Crippen molar-refractivity contribution in [3.8, 4) is 0 Å². The molecule has 0 spiro atoms. The lowest BCUT2D eigenvalue weighted by Crippen LogP contribution is -1.93. The van der Waals surface area contributed by atoms with Gasteiger partial charge in [-0.25, -0.2) is 0 Å². The second-order valence-electron chi connectivity index (χ2n) is 4.92. The van der Waals surface area contributed by atoms with Crippen molar-refractivity contribution in [3.05, 3.63) is 75.8 Å². The molecule has 2 aromatic rings. The van der Waals surface area contributed by atoms with E-state index in [1.807, 2.05) is 24.3 Å². The zero-order valence-corrected chi connectivity index (χ0v) is 12.0. The first-order valence-corrected chi connectivity index (χ1v) is 7.18. The molecule has 0 amide bonds. The van der Waals surface area contributed by atoms with Crippen LogP contribution in [-0.2, 0) is 0 Å². The van der Waals surface area contributed by atoms with Gasteiger partial charge in [-0.1, -0.05) is 53.5 Å². The number of allylic oxidation sites excluding steroid dienone is 2. The van der Waals surface area contributed by atoms with Crippen molar-refractivity contribution in [1.82, 2.24) is 0 Å². The summed E-state index contributed by atoms with van der Waals surface area (Å²) < 4.78 is 0. The molecule has 1 unspecified atom stereocenters.